The van der Waals surface area contributed by atoms with Crippen LogP contribution in [0.25, 0.3) is 0 Å². The van der Waals surface area contributed by atoms with E-state index in [2.05, 4.69) is 4.41 Å². The van der Waals surface area contributed by atoms with E-state index in [1.54, 1.807) is 0 Å². The average molecular weight is 367 g/mol. The molecule has 0 N–H and O–H groups in total. The average Bonchev–Trinajstić information content (AvgIpc) is 2.34. The fourth-order valence-corrected chi connectivity index (χ4v) is 5.97. The Bertz CT molecular complexity index is 349. The predicted octanol–water partition coefficient (Wildman–Crippen LogP) is 3.67. The number of methoxy groups -OCH3 is 2. The highest BCUT2D eigenvalue weighted by Crippen LogP contribution is 2.55. The summed E-state index contributed by atoms with van der Waals surface area (Å²) in [5, 5.41) is 0. The molecule has 0 aliphatic heterocycles. The van der Waals surface area contributed by atoms with E-state index in [4.69, 9.17) is 23.0 Å². The smallest absolute Gasteiger partial charge is 0.382 e. The molecule has 0 heterocycles. The Morgan fingerprint density at radius 1 is 0.864 bits per heavy atom. The third-order valence-corrected chi connectivity index (χ3v) is 6.75. The third kappa shape index (κ3) is 11.6. The standard InChI is InChI=1S/C11H25F3NO5PSi/c1-16-6-8-18-21(15-22(3,4)5,19-9-7-17-2)20-10-11(12,13)14/h6-10H2,1-5H3. The predicted molar refractivity (Wildman–Crippen MR) is 80.4 cm³/mol. The van der Waals surface area contributed by atoms with Crippen LogP contribution in [0.15, 0.2) is 4.41 Å². The van der Waals surface area contributed by atoms with Gasteiger partial charge >= 0.3 is 13.9 Å². The second-order valence-electron chi connectivity index (χ2n) is 5.28. The van der Waals surface area contributed by atoms with Crippen LogP contribution in [0.5, 0.6) is 0 Å². The number of nitrogens with zero attached hydrogens (tertiary/aromatic N) is 1. The topological polar surface area (TPSA) is 58.5 Å². The van der Waals surface area contributed by atoms with E-state index in [0.29, 0.717) is 0 Å². The molecule has 134 valence electrons. The number of hydrogen-bond donors (Lipinski definition) is 0. The van der Waals surface area contributed by atoms with E-state index >= 15 is 0 Å². The lowest BCUT2D eigenvalue weighted by Gasteiger charge is -2.27. The van der Waals surface area contributed by atoms with Gasteiger partial charge in [0.1, 0.15) is 0 Å². The second kappa shape index (κ2) is 10.0. The van der Waals surface area contributed by atoms with Crippen molar-refractivity contribution < 1.29 is 36.2 Å². The second-order valence-corrected chi connectivity index (χ2v) is 12.1. The highest BCUT2D eigenvalue weighted by Gasteiger charge is 2.35. The SMILES string of the molecule is COCCOP(=N[Si](C)(C)C)(OCCOC)OCC(F)(F)F. The Balaban J connectivity index is 5.25. The van der Waals surface area contributed by atoms with Gasteiger partial charge in [0.05, 0.1) is 26.4 Å². The monoisotopic (exact) mass is 367 g/mol. The summed E-state index contributed by atoms with van der Waals surface area (Å²) < 4.78 is 67.4. The molecule has 0 aliphatic carbocycles. The van der Waals surface area contributed by atoms with E-state index in [1.165, 1.54) is 14.2 Å². The van der Waals surface area contributed by atoms with Gasteiger partial charge in [-0.3, -0.25) is 8.93 Å². The van der Waals surface area contributed by atoms with Gasteiger partial charge < -0.3 is 18.5 Å². The van der Waals surface area contributed by atoms with Gasteiger partial charge in [0.15, 0.2) is 14.8 Å². The lowest BCUT2D eigenvalue weighted by atomic mass is 10.7. The minimum Gasteiger partial charge on any atom is -0.382 e. The molecule has 0 atom stereocenters. The molecule has 0 fully saturated rings. The Hall–Kier alpha value is 0.0369. The largest absolute Gasteiger partial charge is 0.412 e. The van der Waals surface area contributed by atoms with Crippen molar-refractivity contribution in [1.82, 2.24) is 0 Å². The molecule has 0 saturated carbocycles. The van der Waals surface area contributed by atoms with Crippen molar-refractivity contribution in [3.05, 3.63) is 0 Å². The zero-order valence-electron chi connectivity index (χ0n) is 13.6. The first-order chi connectivity index (χ1) is 10.0. The number of ether oxygens (including phenoxy) is 2. The van der Waals surface area contributed by atoms with Crippen molar-refractivity contribution >= 4 is 16.0 Å². The van der Waals surface area contributed by atoms with Crippen molar-refractivity contribution in [2.75, 3.05) is 47.3 Å². The molecule has 0 bridgehead atoms. The zero-order chi connectivity index (χ0) is 17.3. The van der Waals surface area contributed by atoms with Crippen LogP contribution in [0.4, 0.5) is 13.2 Å². The summed E-state index contributed by atoms with van der Waals surface area (Å²) in [6, 6.07) is 0. The van der Waals surface area contributed by atoms with Crippen molar-refractivity contribution in [3.8, 4) is 0 Å². The van der Waals surface area contributed by atoms with Crippen LogP contribution < -0.4 is 0 Å². The Labute approximate surface area is 130 Å². The highest BCUT2D eigenvalue weighted by atomic mass is 31.2. The van der Waals surface area contributed by atoms with Crippen molar-refractivity contribution in [2.24, 2.45) is 4.41 Å². The van der Waals surface area contributed by atoms with E-state index in [0.717, 1.165) is 0 Å². The number of hydrogen-bond acceptors (Lipinski definition) is 6. The summed E-state index contributed by atoms with van der Waals surface area (Å²) in [7, 11) is -2.71. The van der Waals surface area contributed by atoms with Gasteiger partial charge in [-0.05, 0) is 19.6 Å². The van der Waals surface area contributed by atoms with Gasteiger partial charge in [0, 0.05) is 14.2 Å². The molecule has 22 heavy (non-hydrogen) atoms. The lowest BCUT2D eigenvalue weighted by Crippen LogP contribution is -2.22. The van der Waals surface area contributed by atoms with Crippen LogP contribution in [0.1, 0.15) is 0 Å². The molecule has 0 aromatic heterocycles. The van der Waals surface area contributed by atoms with Gasteiger partial charge in [-0.1, -0.05) is 0 Å². The van der Waals surface area contributed by atoms with Gasteiger partial charge in [0.2, 0.25) is 0 Å². The van der Waals surface area contributed by atoms with Crippen LogP contribution >= 0.6 is 7.74 Å². The van der Waals surface area contributed by atoms with E-state index in [9.17, 15) is 13.2 Å². The van der Waals surface area contributed by atoms with Gasteiger partial charge in [-0.25, -0.2) is 0 Å². The van der Waals surface area contributed by atoms with E-state index in [1.807, 2.05) is 19.6 Å². The Morgan fingerprint density at radius 3 is 1.64 bits per heavy atom. The zero-order valence-corrected chi connectivity index (χ0v) is 15.5. The molecule has 0 spiro atoms. The molecule has 0 unspecified atom stereocenters. The van der Waals surface area contributed by atoms with Crippen molar-refractivity contribution in [1.29, 1.82) is 0 Å². The summed E-state index contributed by atoms with van der Waals surface area (Å²) >= 11 is 0. The van der Waals surface area contributed by atoms with Crippen LogP contribution in [-0.2, 0) is 23.0 Å². The molecule has 6 nitrogen and oxygen atoms in total. The van der Waals surface area contributed by atoms with Crippen molar-refractivity contribution in [2.45, 2.75) is 25.8 Å². The third-order valence-electron chi connectivity index (χ3n) is 1.90. The summed E-state index contributed by atoms with van der Waals surface area (Å²) in [5.74, 6) is 0. The van der Waals surface area contributed by atoms with Crippen LogP contribution in [0, 0.1) is 0 Å². The minimum atomic E-state index is -4.49. The Morgan fingerprint density at radius 2 is 1.32 bits per heavy atom. The minimum absolute atomic E-state index is 0.0309. The maximum Gasteiger partial charge on any atom is 0.412 e. The number of rotatable bonds is 11. The summed E-state index contributed by atoms with van der Waals surface area (Å²) in [5.41, 5.74) is 0. The molecule has 0 aromatic rings. The van der Waals surface area contributed by atoms with Crippen LogP contribution in [0.3, 0.4) is 0 Å². The van der Waals surface area contributed by atoms with Gasteiger partial charge in [0.25, 0.3) is 0 Å². The van der Waals surface area contributed by atoms with Crippen LogP contribution in [0.2, 0.25) is 19.6 Å². The quantitative estimate of drug-likeness (QED) is 0.317. The number of halogens is 3. The maximum atomic E-state index is 12.5. The molecular weight excluding hydrogens is 342 g/mol. The van der Waals surface area contributed by atoms with Crippen molar-refractivity contribution in [3.63, 3.8) is 0 Å². The number of alkyl halides is 3. The molecular formula is C11H25F3NO5PSi. The Kier molecular flexibility index (Phi) is 10.0. The fourth-order valence-electron chi connectivity index (χ4n) is 1.19. The summed E-state index contributed by atoms with van der Waals surface area (Å²) in [6.45, 7) is 4.56. The van der Waals surface area contributed by atoms with Crippen LogP contribution in [-0.4, -0.2) is 61.7 Å². The molecule has 0 amide bonds. The molecule has 0 radical (unpaired) electrons. The first-order valence-corrected chi connectivity index (χ1v) is 11.6. The molecule has 0 saturated heterocycles. The normalized spacial score (nSPS) is 13.5. The molecule has 0 aliphatic rings. The summed E-state index contributed by atoms with van der Waals surface area (Å²) in [4.78, 5) is 0. The van der Waals surface area contributed by atoms with E-state index < -0.39 is 28.8 Å². The summed E-state index contributed by atoms with van der Waals surface area (Å²) in [6.07, 6.45) is -4.49. The molecule has 0 rings (SSSR count). The molecule has 0 aromatic carbocycles. The maximum absolute atomic E-state index is 12.5. The fraction of sp³-hybridized carbons (Fsp3) is 1.00. The first-order valence-electron chi connectivity index (χ1n) is 6.65. The molecule has 11 heteroatoms. The van der Waals surface area contributed by atoms with E-state index in [-0.39, 0.29) is 26.4 Å². The lowest BCUT2D eigenvalue weighted by molar-refractivity contribution is -0.156. The first kappa shape index (κ1) is 22.0. The van der Waals surface area contributed by atoms with Gasteiger partial charge in [-0.2, -0.15) is 13.2 Å². The van der Waals surface area contributed by atoms with Gasteiger partial charge in [-0.15, -0.1) is 0 Å². The highest BCUT2D eigenvalue weighted by molar-refractivity contribution is 7.52.